The Morgan fingerprint density at radius 3 is 2.44 bits per heavy atom. The fourth-order valence-electron chi connectivity index (χ4n) is 3.54. The van der Waals surface area contributed by atoms with Gasteiger partial charge < -0.3 is 19.2 Å². The normalized spacial score (nSPS) is 13.3. The van der Waals surface area contributed by atoms with Crippen molar-refractivity contribution >= 4 is 38.4 Å². The van der Waals surface area contributed by atoms with Gasteiger partial charge in [0, 0.05) is 36.3 Å². The first-order valence-corrected chi connectivity index (χ1v) is 12.1. The zero-order valence-corrected chi connectivity index (χ0v) is 19.0. The number of carbonyl (C=O) groups excluding carboxylic acids is 1. The fraction of sp³-hybridized carbons (Fsp3) is 0.167. The number of ether oxygens (including phenoxy) is 2. The quantitative estimate of drug-likeness (QED) is 0.437. The molecule has 174 valence electrons. The molecule has 3 aromatic carbocycles. The third-order valence-electron chi connectivity index (χ3n) is 5.18. The third-order valence-corrected chi connectivity index (χ3v) is 6.56. The fourth-order valence-corrected chi connectivity index (χ4v) is 4.61. The average Bonchev–Trinajstić information content (AvgIpc) is 3.02. The molecule has 9 nitrogen and oxygen atoms in total. The highest BCUT2D eigenvalue weighted by atomic mass is 32.2. The first-order chi connectivity index (χ1) is 16.4. The van der Waals surface area contributed by atoms with Crippen LogP contribution in [0.25, 0.3) is 11.1 Å². The topological polar surface area (TPSA) is 120 Å². The van der Waals surface area contributed by atoms with E-state index in [1.54, 1.807) is 43.3 Å². The van der Waals surface area contributed by atoms with E-state index in [2.05, 4.69) is 15.0 Å². The molecule has 4 aromatic rings. The van der Waals surface area contributed by atoms with Gasteiger partial charge in [0.05, 0.1) is 18.1 Å². The summed E-state index contributed by atoms with van der Waals surface area (Å²) in [6.45, 7) is 2.73. The predicted octanol–water partition coefficient (Wildman–Crippen LogP) is 4.35. The summed E-state index contributed by atoms with van der Waals surface area (Å²) in [5.41, 5.74) is 2.55. The number of amides is 1. The lowest BCUT2D eigenvalue weighted by Gasteiger charge is -2.12. The first kappa shape index (κ1) is 21.8. The number of nitrogens with zero attached hydrogens (tertiary/aromatic N) is 1. The van der Waals surface area contributed by atoms with E-state index in [-0.39, 0.29) is 10.8 Å². The molecule has 0 saturated heterocycles. The maximum absolute atomic E-state index is 12.8. The van der Waals surface area contributed by atoms with Crippen LogP contribution in [-0.2, 0) is 10.0 Å². The molecule has 0 spiro atoms. The number of sulfonamides is 1. The Hall–Kier alpha value is -4.05. The van der Waals surface area contributed by atoms with Gasteiger partial charge in [-0.3, -0.25) is 9.52 Å². The van der Waals surface area contributed by atoms with Gasteiger partial charge in [0.1, 0.15) is 5.52 Å². The van der Waals surface area contributed by atoms with Crippen molar-refractivity contribution in [2.45, 2.75) is 18.2 Å². The van der Waals surface area contributed by atoms with Crippen LogP contribution in [0.5, 0.6) is 11.5 Å². The number of nitrogens with one attached hydrogen (secondary N) is 2. The van der Waals surface area contributed by atoms with Gasteiger partial charge in [0.25, 0.3) is 15.9 Å². The van der Waals surface area contributed by atoms with Gasteiger partial charge in [0.2, 0.25) is 0 Å². The lowest BCUT2D eigenvalue weighted by atomic mass is 10.2. The van der Waals surface area contributed by atoms with Crippen LogP contribution >= 0.6 is 0 Å². The number of benzene rings is 3. The third kappa shape index (κ3) is 4.53. The highest BCUT2D eigenvalue weighted by molar-refractivity contribution is 7.92. The number of anilines is 2. The van der Waals surface area contributed by atoms with Crippen LogP contribution in [0.4, 0.5) is 11.4 Å². The Morgan fingerprint density at radius 1 is 0.912 bits per heavy atom. The first-order valence-electron chi connectivity index (χ1n) is 10.6. The van der Waals surface area contributed by atoms with Crippen molar-refractivity contribution in [3.8, 4) is 11.5 Å². The standard InChI is InChI=1S/C24H21N3O6S/c1-15-25-20-13-18(7-9-21(20)33-15)26-24(28)16-3-5-17(6-4-16)27-34(29,30)19-8-10-22-23(14-19)32-12-2-11-31-22/h3-10,13-14,27H,2,11-12H2,1H3,(H,26,28). The summed E-state index contributed by atoms with van der Waals surface area (Å²) in [5, 5.41) is 2.80. The second-order valence-electron chi connectivity index (χ2n) is 7.71. The molecule has 10 heteroatoms. The lowest BCUT2D eigenvalue weighted by Crippen LogP contribution is -2.14. The van der Waals surface area contributed by atoms with Crippen molar-refractivity contribution < 1.29 is 27.1 Å². The average molecular weight is 480 g/mol. The maximum Gasteiger partial charge on any atom is 0.262 e. The summed E-state index contributed by atoms with van der Waals surface area (Å²) in [7, 11) is -3.86. The zero-order valence-electron chi connectivity index (χ0n) is 18.2. The smallest absolute Gasteiger partial charge is 0.262 e. The molecule has 0 radical (unpaired) electrons. The molecule has 0 unspecified atom stereocenters. The van der Waals surface area contributed by atoms with Crippen molar-refractivity contribution in [3.63, 3.8) is 0 Å². The molecule has 1 aliphatic heterocycles. The second kappa shape index (κ2) is 8.71. The van der Waals surface area contributed by atoms with E-state index >= 15 is 0 Å². The molecule has 1 aliphatic rings. The largest absolute Gasteiger partial charge is 0.490 e. The molecule has 1 aromatic heterocycles. The number of carbonyl (C=O) groups is 1. The summed E-state index contributed by atoms with van der Waals surface area (Å²) in [5.74, 6) is 1.12. The van der Waals surface area contributed by atoms with Gasteiger partial charge in [-0.1, -0.05) is 0 Å². The molecule has 0 fully saturated rings. The van der Waals surface area contributed by atoms with Gasteiger partial charge in [-0.15, -0.1) is 0 Å². The molecule has 2 N–H and O–H groups in total. The van der Waals surface area contributed by atoms with Crippen molar-refractivity contribution in [2.75, 3.05) is 23.3 Å². The van der Waals surface area contributed by atoms with Crippen molar-refractivity contribution in [1.29, 1.82) is 0 Å². The molecule has 0 bridgehead atoms. The molecule has 0 atom stereocenters. The molecule has 0 aliphatic carbocycles. The molecule has 1 amide bonds. The predicted molar refractivity (Wildman–Crippen MR) is 126 cm³/mol. The van der Waals surface area contributed by atoms with Crippen LogP contribution in [-0.4, -0.2) is 32.5 Å². The Labute approximate surface area is 195 Å². The number of hydrogen-bond donors (Lipinski definition) is 2. The summed E-state index contributed by atoms with van der Waals surface area (Å²) in [6, 6.07) is 15.8. The van der Waals surface area contributed by atoms with Crippen LogP contribution in [0, 0.1) is 6.92 Å². The minimum absolute atomic E-state index is 0.0528. The van der Waals surface area contributed by atoms with Crippen LogP contribution in [0.1, 0.15) is 22.7 Å². The molecule has 5 rings (SSSR count). The van der Waals surface area contributed by atoms with Crippen molar-refractivity contribution in [2.24, 2.45) is 0 Å². The Bertz CT molecular complexity index is 1480. The molecular formula is C24H21N3O6S. The van der Waals surface area contributed by atoms with E-state index in [0.29, 0.717) is 58.6 Å². The number of hydrogen-bond acceptors (Lipinski definition) is 7. The van der Waals surface area contributed by atoms with Crippen LogP contribution in [0.3, 0.4) is 0 Å². The monoisotopic (exact) mass is 479 g/mol. The number of aryl methyl sites for hydroxylation is 1. The molecule has 34 heavy (non-hydrogen) atoms. The number of oxazole rings is 1. The summed E-state index contributed by atoms with van der Waals surface area (Å²) in [4.78, 5) is 16.9. The van der Waals surface area contributed by atoms with Crippen molar-refractivity contribution in [3.05, 3.63) is 72.1 Å². The van der Waals surface area contributed by atoms with Gasteiger partial charge in [0.15, 0.2) is 23.0 Å². The summed E-state index contributed by atoms with van der Waals surface area (Å²) in [6.07, 6.45) is 0.726. The van der Waals surface area contributed by atoms with E-state index in [0.717, 1.165) is 6.42 Å². The number of aromatic nitrogens is 1. The highest BCUT2D eigenvalue weighted by Gasteiger charge is 2.19. The zero-order chi connectivity index (χ0) is 23.7. The number of rotatable bonds is 5. The minimum atomic E-state index is -3.86. The molecule has 2 heterocycles. The van der Waals surface area contributed by atoms with Gasteiger partial charge in [-0.2, -0.15) is 0 Å². The Morgan fingerprint density at radius 2 is 1.65 bits per heavy atom. The van der Waals surface area contributed by atoms with Crippen molar-refractivity contribution in [1.82, 2.24) is 4.98 Å². The van der Waals surface area contributed by atoms with E-state index in [1.807, 2.05) is 0 Å². The Kier molecular flexibility index (Phi) is 5.58. The van der Waals surface area contributed by atoms with Gasteiger partial charge >= 0.3 is 0 Å². The van der Waals surface area contributed by atoms with Gasteiger partial charge in [-0.25, -0.2) is 13.4 Å². The summed E-state index contributed by atoms with van der Waals surface area (Å²) >= 11 is 0. The second-order valence-corrected chi connectivity index (χ2v) is 9.39. The van der Waals surface area contributed by atoms with E-state index in [9.17, 15) is 13.2 Å². The maximum atomic E-state index is 12.8. The minimum Gasteiger partial charge on any atom is -0.490 e. The molecular weight excluding hydrogens is 458 g/mol. The summed E-state index contributed by atoms with van der Waals surface area (Å²) < 4.78 is 44.8. The van der Waals surface area contributed by atoms with E-state index < -0.39 is 10.0 Å². The van der Waals surface area contributed by atoms with Crippen LogP contribution in [0.15, 0.2) is 70.0 Å². The highest BCUT2D eigenvalue weighted by Crippen LogP contribution is 2.32. The van der Waals surface area contributed by atoms with E-state index in [4.69, 9.17) is 13.9 Å². The lowest BCUT2D eigenvalue weighted by molar-refractivity contribution is 0.102. The van der Waals surface area contributed by atoms with E-state index in [1.165, 1.54) is 24.3 Å². The molecule has 0 saturated carbocycles. The van der Waals surface area contributed by atoms with Gasteiger partial charge in [-0.05, 0) is 54.6 Å². The number of fused-ring (bicyclic) bond motifs is 2. The van der Waals surface area contributed by atoms with Crippen LogP contribution in [0.2, 0.25) is 0 Å². The Balaban J connectivity index is 1.28. The van der Waals surface area contributed by atoms with Crippen LogP contribution < -0.4 is 19.5 Å². The SMILES string of the molecule is Cc1nc2cc(NC(=O)c3ccc(NS(=O)(=O)c4ccc5c(c4)OCCCO5)cc3)ccc2o1.